The Morgan fingerprint density at radius 3 is 2.65 bits per heavy atom. The van der Waals surface area contributed by atoms with Crippen LogP contribution in [-0.2, 0) is 0 Å². The van der Waals surface area contributed by atoms with Gasteiger partial charge in [-0.2, -0.15) is 4.98 Å². The molecule has 0 radical (unpaired) electrons. The van der Waals surface area contributed by atoms with E-state index in [-0.39, 0.29) is 12.4 Å². The fraction of sp³-hybridized carbons (Fsp3) is 0.280. The fourth-order valence-electron chi connectivity index (χ4n) is 3.28. The summed E-state index contributed by atoms with van der Waals surface area (Å²) in [4.78, 5) is 14.3. The quantitative estimate of drug-likeness (QED) is 0.361. The van der Waals surface area contributed by atoms with Crippen LogP contribution in [0.15, 0.2) is 65.8 Å². The monoisotopic (exact) mass is 529 g/mol. The highest BCUT2D eigenvalue weighted by Crippen LogP contribution is 2.28. The minimum atomic E-state index is -0.565. The van der Waals surface area contributed by atoms with Gasteiger partial charge in [-0.05, 0) is 74.0 Å². The van der Waals surface area contributed by atoms with Gasteiger partial charge in [-0.25, -0.2) is 9.37 Å². The fourth-order valence-corrected chi connectivity index (χ4v) is 3.45. The SMILES string of the molecule is Cc1ccc(F)c(N(C/C=C/Br)c2ccnc(Nc3ccc(OCC(O)CN(C)C)cc3)n2)c1. The molecule has 34 heavy (non-hydrogen) atoms. The third-order valence-corrected chi connectivity index (χ3v) is 5.19. The molecule has 180 valence electrons. The predicted octanol–water partition coefficient (Wildman–Crippen LogP) is 5.02. The summed E-state index contributed by atoms with van der Waals surface area (Å²) in [6, 6.07) is 14.0. The Labute approximate surface area is 208 Å². The topological polar surface area (TPSA) is 73.8 Å². The summed E-state index contributed by atoms with van der Waals surface area (Å²) in [6.45, 7) is 3.09. The standard InChI is InChI=1S/C25H29BrFN5O2/c1-18-5-10-22(27)23(15-18)32(14-4-12-26)24-11-13-28-25(30-24)29-19-6-8-21(9-7-19)34-17-20(33)16-31(2)3/h4-13,15,20,33H,14,16-17H2,1-3H3,(H,28,29,30)/b12-4+. The first kappa shape index (κ1) is 25.6. The number of rotatable bonds is 11. The molecule has 0 saturated carbocycles. The number of hydrogen-bond donors (Lipinski definition) is 2. The van der Waals surface area contributed by atoms with Crippen molar-refractivity contribution >= 4 is 39.1 Å². The molecule has 2 aromatic carbocycles. The van der Waals surface area contributed by atoms with Gasteiger partial charge < -0.3 is 25.0 Å². The van der Waals surface area contributed by atoms with Crippen molar-refractivity contribution in [3.63, 3.8) is 0 Å². The molecule has 0 amide bonds. The lowest BCUT2D eigenvalue weighted by Crippen LogP contribution is -2.30. The summed E-state index contributed by atoms with van der Waals surface area (Å²) in [7, 11) is 3.80. The molecule has 1 unspecified atom stereocenters. The molecular weight excluding hydrogens is 501 g/mol. The van der Waals surface area contributed by atoms with Crippen molar-refractivity contribution in [2.24, 2.45) is 0 Å². The molecule has 0 bridgehead atoms. The second-order valence-electron chi connectivity index (χ2n) is 8.04. The molecule has 2 N–H and O–H groups in total. The van der Waals surface area contributed by atoms with Gasteiger partial charge in [-0.15, -0.1) is 0 Å². The number of hydrogen-bond acceptors (Lipinski definition) is 7. The molecule has 9 heteroatoms. The van der Waals surface area contributed by atoms with Crippen LogP contribution < -0.4 is 15.0 Å². The normalized spacial score (nSPS) is 12.2. The van der Waals surface area contributed by atoms with Gasteiger partial charge in [0.25, 0.3) is 0 Å². The molecule has 1 aromatic heterocycles. The maximum Gasteiger partial charge on any atom is 0.229 e. The summed E-state index contributed by atoms with van der Waals surface area (Å²) in [5, 5.41) is 13.1. The highest BCUT2D eigenvalue weighted by Gasteiger charge is 2.15. The van der Waals surface area contributed by atoms with Crippen LogP contribution >= 0.6 is 15.9 Å². The van der Waals surface area contributed by atoms with Crippen LogP contribution in [-0.4, -0.2) is 59.9 Å². The molecule has 0 fully saturated rings. The summed E-state index contributed by atoms with van der Waals surface area (Å²) in [6.07, 6.45) is 2.93. The van der Waals surface area contributed by atoms with E-state index in [0.29, 0.717) is 36.3 Å². The number of aromatic nitrogens is 2. The Morgan fingerprint density at radius 1 is 1.18 bits per heavy atom. The molecule has 0 aliphatic rings. The van der Waals surface area contributed by atoms with E-state index in [1.54, 1.807) is 34.3 Å². The second kappa shape index (κ2) is 12.5. The van der Waals surface area contributed by atoms with Crippen molar-refractivity contribution in [3.05, 3.63) is 77.2 Å². The van der Waals surface area contributed by atoms with Gasteiger partial charge in [-0.1, -0.05) is 28.1 Å². The van der Waals surface area contributed by atoms with E-state index in [1.165, 1.54) is 6.07 Å². The first-order chi connectivity index (χ1) is 16.4. The molecular formula is C25H29BrFN5O2. The van der Waals surface area contributed by atoms with E-state index >= 15 is 0 Å². The van der Waals surface area contributed by atoms with Crippen LogP contribution in [0.5, 0.6) is 5.75 Å². The van der Waals surface area contributed by atoms with Crippen molar-refractivity contribution in [1.29, 1.82) is 0 Å². The highest BCUT2D eigenvalue weighted by atomic mass is 79.9. The lowest BCUT2D eigenvalue weighted by atomic mass is 10.2. The van der Waals surface area contributed by atoms with Crippen LogP contribution in [0.25, 0.3) is 0 Å². The minimum Gasteiger partial charge on any atom is -0.491 e. The number of nitrogens with zero attached hydrogens (tertiary/aromatic N) is 4. The van der Waals surface area contributed by atoms with Crippen molar-refractivity contribution in [2.75, 3.05) is 44.0 Å². The third-order valence-electron chi connectivity index (χ3n) is 4.82. The zero-order chi connectivity index (χ0) is 24.5. The molecule has 0 aliphatic heterocycles. The molecule has 1 heterocycles. The molecule has 0 spiro atoms. The smallest absolute Gasteiger partial charge is 0.229 e. The largest absolute Gasteiger partial charge is 0.491 e. The van der Waals surface area contributed by atoms with Crippen molar-refractivity contribution in [2.45, 2.75) is 13.0 Å². The van der Waals surface area contributed by atoms with E-state index in [0.717, 1.165) is 11.3 Å². The number of nitrogens with one attached hydrogen (secondary N) is 1. The third kappa shape index (κ3) is 7.51. The summed E-state index contributed by atoms with van der Waals surface area (Å²) >= 11 is 3.28. The zero-order valence-electron chi connectivity index (χ0n) is 19.4. The van der Waals surface area contributed by atoms with E-state index in [1.807, 2.05) is 56.3 Å². The average molecular weight is 530 g/mol. The molecule has 7 nitrogen and oxygen atoms in total. The maximum atomic E-state index is 14.6. The number of anilines is 4. The summed E-state index contributed by atoms with van der Waals surface area (Å²) < 4.78 is 20.3. The van der Waals surface area contributed by atoms with Crippen LogP contribution in [0.3, 0.4) is 0 Å². The van der Waals surface area contributed by atoms with Crippen LogP contribution in [0.2, 0.25) is 0 Å². The van der Waals surface area contributed by atoms with Gasteiger partial charge in [0.05, 0.1) is 5.69 Å². The van der Waals surface area contributed by atoms with Gasteiger partial charge in [-0.3, -0.25) is 0 Å². The summed E-state index contributed by atoms with van der Waals surface area (Å²) in [5.74, 6) is 1.27. The molecule has 3 rings (SSSR count). The Bertz CT molecular complexity index is 1090. The van der Waals surface area contributed by atoms with E-state index in [4.69, 9.17) is 4.74 Å². The number of ether oxygens (including phenoxy) is 1. The number of halogens is 2. The molecule has 0 aliphatic carbocycles. The number of benzene rings is 2. The van der Waals surface area contributed by atoms with Gasteiger partial charge in [0, 0.05) is 25.0 Å². The first-order valence-electron chi connectivity index (χ1n) is 10.8. The first-order valence-corrected chi connectivity index (χ1v) is 11.7. The van der Waals surface area contributed by atoms with Gasteiger partial charge >= 0.3 is 0 Å². The van der Waals surface area contributed by atoms with Crippen LogP contribution in [0.4, 0.5) is 27.5 Å². The minimum absolute atomic E-state index is 0.213. The van der Waals surface area contributed by atoms with Crippen molar-refractivity contribution < 1.29 is 14.2 Å². The van der Waals surface area contributed by atoms with Crippen LogP contribution in [0.1, 0.15) is 5.56 Å². The number of aliphatic hydroxyl groups is 1. The molecule has 0 saturated heterocycles. The average Bonchev–Trinajstić information content (AvgIpc) is 2.81. The second-order valence-corrected chi connectivity index (χ2v) is 8.57. The van der Waals surface area contributed by atoms with E-state index in [2.05, 4.69) is 31.2 Å². The van der Waals surface area contributed by atoms with Crippen LogP contribution in [0, 0.1) is 12.7 Å². The maximum absolute atomic E-state index is 14.6. The molecule has 3 aromatic rings. The number of likely N-dealkylation sites (N-methyl/N-ethyl adjacent to an activating group) is 1. The Morgan fingerprint density at radius 2 is 1.94 bits per heavy atom. The number of aliphatic hydroxyl groups excluding tert-OH is 1. The Hall–Kier alpha value is -3.01. The molecule has 1 atom stereocenters. The van der Waals surface area contributed by atoms with Gasteiger partial charge in [0.2, 0.25) is 5.95 Å². The summed E-state index contributed by atoms with van der Waals surface area (Å²) in [5.41, 5.74) is 2.16. The number of aryl methyl sites for hydroxylation is 1. The highest BCUT2D eigenvalue weighted by molar-refractivity contribution is 9.11. The zero-order valence-corrected chi connectivity index (χ0v) is 21.0. The van der Waals surface area contributed by atoms with Gasteiger partial charge in [0.1, 0.15) is 30.1 Å². The predicted molar refractivity (Wildman–Crippen MR) is 138 cm³/mol. The van der Waals surface area contributed by atoms with Crippen molar-refractivity contribution in [1.82, 2.24) is 14.9 Å². The van der Waals surface area contributed by atoms with Gasteiger partial charge in [0.15, 0.2) is 0 Å². The Kier molecular flexibility index (Phi) is 9.38. The lowest BCUT2D eigenvalue weighted by Gasteiger charge is -2.23. The van der Waals surface area contributed by atoms with E-state index in [9.17, 15) is 9.50 Å². The lowest BCUT2D eigenvalue weighted by molar-refractivity contribution is 0.0831. The van der Waals surface area contributed by atoms with Crippen molar-refractivity contribution in [3.8, 4) is 5.75 Å². The Balaban J connectivity index is 1.73. The van der Waals surface area contributed by atoms with E-state index < -0.39 is 6.10 Å².